The number of urea groups is 1. The Balaban J connectivity index is 1.73. The van der Waals surface area contributed by atoms with Gasteiger partial charge < -0.3 is 4.74 Å². The van der Waals surface area contributed by atoms with Crippen LogP contribution in [-0.4, -0.2) is 42.8 Å². The molecule has 0 spiro atoms. The van der Waals surface area contributed by atoms with Crippen molar-refractivity contribution in [2.24, 2.45) is 0 Å². The molecule has 1 aliphatic rings. The monoisotopic (exact) mass is 414 g/mol. The number of hydrogen-bond donors (Lipinski definition) is 0. The minimum Gasteiger partial charge on any atom is -0.496 e. The molecule has 3 aromatic carbocycles. The van der Waals surface area contributed by atoms with Crippen LogP contribution >= 0.6 is 0 Å². The van der Waals surface area contributed by atoms with Gasteiger partial charge in [-0.1, -0.05) is 54.6 Å². The third-order valence-corrected chi connectivity index (χ3v) is 5.27. The average molecular weight is 414 g/mol. The van der Waals surface area contributed by atoms with E-state index < -0.39 is 6.03 Å². The Bertz CT molecular complexity index is 1110. The largest absolute Gasteiger partial charge is 0.496 e. The number of nitrogens with zero attached hydrogens (tertiary/aromatic N) is 2. The normalized spacial score (nSPS) is 13.8. The molecule has 4 rings (SSSR count). The van der Waals surface area contributed by atoms with E-state index >= 15 is 0 Å². The number of amides is 3. The SMILES string of the molecule is COc1cccc(N2CCCN(C(=O)c3ccccc3)C2=O)c1C(=O)c1ccccc1. The van der Waals surface area contributed by atoms with Gasteiger partial charge >= 0.3 is 6.03 Å². The highest BCUT2D eigenvalue weighted by atomic mass is 16.5. The molecule has 1 fully saturated rings. The van der Waals surface area contributed by atoms with Gasteiger partial charge in [0.1, 0.15) is 5.75 Å². The van der Waals surface area contributed by atoms with Crippen LogP contribution in [0, 0.1) is 0 Å². The van der Waals surface area contributed by atoms with E-state index in [-0.39, 0.29) is 11.7 Å². The molecule has 6 nitrogen and oxygen atoms in total. The summed E-state index contributed by atoms with van der Waals surface area (Å²) in [5, 5.41) is 0. The van der Waals surface area contributed by atoms with Gasteiger partial charge in [-0.3, -0.25) is 19.4 Å². The fourth-order valence-electron chi connectivity index (χ4n) is 3.75. The highest BCUT2D eigenvalue weighted by Gasteiger charge is 2.34. The van der Waals surface area contributed by atoms with Crippen molar-refractivity contribution in [1.82, 2.24) is 4.90 Å². The predicted molar refractivity (Wildman–Crippen MR) is 118 cm³/mol. The van der Waals surface area contributed by atoms with E-state index in [9.17, 15) is 14.4 Å². The summed E-state index contributed by atoms with van der Waals surface area (Å²) in [6, 6.07) is 22.3. The second-order valence-corrected chi connectivity index (χ2v) is 7.16. The van der Waals surface area contributed by atoms with E-state index in [1.807, 2.05) is 12.1 Å². The van der Waals surface area contributed by atoms with E-state index in [0.717, 1.165) is 0 Å². The lowest BCUT2D eigenvalue weighted by molar-refractivity contribution is 0.0793. The summed E-state index contributed by atoms with van der Waals surface area (Å²) in [4.78, 5) is 42.3. The lowest BCUT2D eigenvalue weighted by Gasteiger charge is -2.35. The maximum atomic E-state index is 13.3. The Morgan fingerprint density at radius 1 is 0.806 bits per heavy atom. The number of carbonyl (C=O) groups excluding carboxylic acids is 3. The molecule has 0 unspecified atom stereocenters. The molecular weight excluding hydrogens is 392 g/mol. The summed E-state index contributed by atoms with van der Waals surface area (Å²) in [5.41, 5.74) is 1.68. The molecule has 1 heterocycles. The van der Waals surface area contributed by atoms with Gasteiger partial charge in [-0.15, -0.1) is 0 Å². The van der Waals surface area contributed by atoms with Crippen LogP contribution in [0.4, 0.5) is 10.5 Å². The summed E-state index contributed by atoms with van der Waals surface area (Å²) in [6.07, 6.45) is 0.598. The quantitative estimate of drug-likeness (QED) is 0.581. The molecule has 0 atom stereocenters. The minimum absolute atomic E-state index is 0.243. The predicted octanol–water partition coefficient (Wildman–Crippen LogP) is 4.40. The Kier molecular flexibility index (Phi) is 5.80. The molecule has 0 aromatic heterocycles. The minimum atomic E-state index is -0.449. The fourth-order valence-corrected chi connectivity index (χ4v) is 3.75. The van der Waals surface area contributed by atoms with E-state index in [4.69, 9.17) is 4.74 Å². The highest BCUT2D eigenvalue weighted by molar-refractivity contribution is 6.17. The van der Waals surface area contributed by atoms with Crippen molar-refractivity contribution >= 4 is 23.4 Å². The molecule has 0 N–H and O–H groups in total. The van der Waals surface area contributed by atoms with Crippen LogP contribution in [0.15, 0.2) is 78.9 Å². The van der Waals surface area contributed by atoms with Gasteiger partial charge in [0, 0.05) is 24.2 Å². The van der Waals surface area contributed by atoms with Crippen molar-refractivity contribution in [1.29, 1.82) is 0 Å². The van der Waals surface area contributed by atoms with Crippen LogP contribution in [0.25, 0.3) is 0 Å². The number of imide groups is 1. The van der Waals surface area contributed by atoms with Crippen molar-refractivity contribution in [2.75, 3.05) is 25.1 Å². The standard InChI is InChI=1S/C25H22N2O4/c1-31-21-15-8-14-20(22(21)23(28)18-10-4-2-5-11-18)26-16-9-17-27(25(26)30)24(29)19-12-6-3-7-13-19/h2-8,10-15H,9,16-17H2,1H3. The smallest absolute Gasteiger partial charge is 0.331 e. The summed E-state index contributed by atoms with van der Waals surface area (Å²) in [6.45, 7) is 0.731. The highest BCUT2D eigenvalue weighted by Crippen LogP contribution is 2.33. The van der Waals surface area contributed by atoms with Crippen LogP contribution < -0.4 is 9.64 Å². The summed E-state index contributed by atoms with van der Waals surface area (Å²) in [5.74, 6) is -0.216. The van der Waals surface area contributed by atoms with Crippen molar-refractivity contribution in [3.8, 4) is 5.75 Å². The first-order valence-corrected chi connectivity index (χ1v) is 10.1. The van der Waals surface area contributed by atoms with Crippen LogP contribution in [0.3, 0.4) is 0 Å². The molecule has 0 bridgehead atoms. The Labute approximate surface area is 180 Å². The fraction of sp³-hybridized carbons (Fsp3) is 0.160. The number of methoxy groups -OCH3 is 1. The van der Waals surface area contributed by atoms with E-state index in [2.05, 4.69) is 0 Å². The zero-order chi connectivity index (χ0) is 21.8. The Morgan fingerprint density at radius 2 is 1.45 bits per heavy atom. The topological polar surface area (TPSA) is 66.9 Å². The van der Waals surface area contributed by atoms with E-state index in [0.29, 0.717) is 47.6 Å². The van der Waals surface area contributed by atoms with Crippen molar-refractivity contribution in [2.45, 2.75) is 6.42 Å². The van der Waals surface area contributed by atoms with Gasteiger partial charge in [0.2, 0.25) is 0 Å². The number of hydrogen-bond acceptors (Lipinski definition) is 4. The van der Waals surface area contributed by atoms with Crippen LogP contribution in [0.5, 0.6) is 5.75 Å². The van der Waals surface area contributed by atoms with E-state index in [1.165, 1.54) is 16.9 Å². The zero-order valence-electron chi connectivity index (χ0n) is 17.2. The van der Waals surface area contributed by atoms with E-state index in [1.54, 1.807) is 66.7 Å². The summed E-state index contributed by atoms with van der Waals surface area (Å²) >= 11 is 0. The van der Waals surface area contributed by atoms with Gasteiger partial charge in [-0.25, -0.2) is 4.79 Å². The molecule has 3 aromatic rings. The zero-order valence-corrected chi connectivity index (χ0v) is 17.2. The van der Waals surface area contributed by atoms with Crippen LogP contribution in [0.1, 0.15) is 32.7 Å². The lowest BCUT2D eigenvalue weighted by Crippen LogP contribution is -2.52. The van der Waals surface area contributed by atoms with Gasteiger partial charge in [-0.2, -0.15) is 0 Å². The maximum absolute atomic E-state index is 13.3. The molecule has 6 heteroatoms. The maximum Gasteiger partial charge on any atom is 0.331 e. The second-order valence-electron chi connectivity index (χ2n) is 7.16. The van der Waals surface area contributed by atoms with Crippen molar-refractivity contribution < 1.29 is 19.1 Å². The number of ether oxygens (including phenoxy) is 1. The third-order valence-electron chi connectivity index (χ3n) is 5.27. The molecule has 3 amide bonds. The first kappa shape index (κ1) is 20.3. The summed E-state index contributed by atoms with van der Waals surface area (Å²) < 4.78 is 5.46. The Hall–Kier alpha value is -3.93. The molecule has 0 radical (unpaired) electrons. The summed E-state index contributed by atoms with van der Waals surface area (Å²) in [7, 11) is 1.49. The van der Waals surface area contributed by atoms with Gasteiger partial charge in [0.05, 0.1) is 18.4 Å². The first-order chi connectivity index (χ1) is 15.1. The molecular formula is C25H22N2O4. The lowest BCUT2D eigenvalue weighted by atomic mass is 9.99. The van der Waals surface area contributed by atoms with Crippen LogP contribution in [0.2, 0.25) is 0 Å². The van der Waals surface area contributed by atoms with Gasteiger partial charge in [-0.05, 0) is 30.7 Å². The van der Waals surface area contributed by atoms with Crippen molar-refractivity contribution in [3.05, 3.63) is 95.6 Å². The molecule has 1 aliphatic heterocycles. The number of rotatable bonds is 5. The number of benzene rings is 3. The molecule has 1 saturated heterocycles. The number of carbonyl (C=O) groups is 3. The molecule has 31 heavy (non-hydrogen) atoms. The van der Waals surface area contributed by atoms with Crippen molar-refractivity contribution in [3.63, 3.8) is 0 Å². The average Bonchev–Trinajstić information content (AvgIpc) is 2.84. The Morgan fingerprint density at radius 3 is 2.10 bits per heavy atom. The molecule has 0 saturated carbocycles. The molecule has 0 aliphatic carbocycles. The second kappa shape index (κ2) is 8.83. The van der Waals surface area contributed by atoms with Crippen LogP contribution in [-0.2, 0) is 0 Å². The van der Waals surface area contributed by atoms with Gasteiger partial charge in [0.25, 0.3) is 5.91 Å². The number of ketones is 1. The van der Waals surface area contributed by atoms with Gasteiger partial charge in [0.15, 0.2) is 5.78 Å². The first-order valence-electron chi connectivity index (χ1n) is 10.1. The number of anilines is 1. The molecule has 156 valence electrons. The third kappa shape index (κ3) is 3.92.